The van der Waals surface area contributed by atoms with Crippen LogP contribution in [0.1, 0.15) is 77.0 Å². The Hall–Kier alpha value is -1.14. The molecule has 0 rings (SSSR count). The molecule has 0 spiro atoms. The van der Waals surface area contributed by atoms with E-state index in [4.69, 9.17) is 18.9 Å². The third kappa shape index (κ3) is 19.2. The van der Waals surface area contributed by atoms with Crippen molar-refractivity contribution in [3.8, 4) is 0 Å². The number of methoxy groups -OCH3 is 2. The number of unbranched alkanes of at least 4 members (excludes halogenated alkanes) is 7. The van der Waals surface area contributed by atoms with Crippen molar-refractivity contribution < 1.29 is 28.5 Å². The Bertz CT molecular complexity index is 300. The lowest BCUT2D eigenvalue weighted by atomic mass is 10.2. The highest BCUT2D eigenvalue weighted by Crippen LogP contribution is 2.06. The Labute approximate surface area is 158 Å². The van der Waals surface area contributed by atoms with Gasteiger partial charge in [-0.25, -0.2) is 0 Å². The quantitative estimate of drug-likeness (QED) is 0.251. The van der Waals surface area contributed by atoms with Gasteiger partial charge in [0.1, 0.15) is 0 Å². The average molecular weight is 375 g/mol. The summed E-state index contributed by atoms with van der Waals surface area (Å²) in [5.41, 5.74) is 0. The van der Waals surface area contributed by atoms with Crippen LogP contribution in [0.5, 0.6) is 0 Å². The number of ether oxygens (including phenoxy) is 4. The van der Waals surface area contributed by atoms with Gasteiger partial charge in [-0.15, -0.1) is 0 Å². The largest absolute Gasteiger partial charge is 0.466 e. The lowest BCUT2D eigenvalue weighted by Crippen LogP contribution is -2.08. The summed E-state index contributed by atoms with van der Waals surface area (Å²) in [6.07, 6.45) is 10.3. The highest BCUT2D eigenvalue weighted by Gasteiger charge is 2.06. The van der Waals surface area contributed by atoms with Gasteiger partial charge in [0.15, 0.2) is 0 Å². The first kappa shape index (κ1) is 24.9. The molecule has 0 saturated carbocycles. The van der Waals surface area contributed by atoms with Crippen molar-refractivity contribution >= 4 is 11.9 Å². The fourth-order valence-electron chi connectivity index (χ4n) is 2.46. The molecule has 0 aliphatic heterocycles. The van der Waals surface area contributed by atoms with Crippen LogP contribution in [-0.2, 0) is 28.5 Å². The zero-order valence-corrected chi connectivity index (χ0v) is 16.8. The highest BCUT2D eigenvalue weighted by atomic mass is 16.5. The molecule has 154 valence electrons. The molecule has 0 heterocycles. The zero-order chi connectivity index (χ0) is 19.3. The predicted octanol–water partition coefficient (Wildman–Crippen LogP) is 4.05. The van der Waals surface area contributed by atoms with Gasteiger partial charge in [0.2, 0.25) is 0 Å². The second kappa shape index (κ2) is 20.2. The van der Waals surface area contributed by atoms with Crippen LogP contribution in [0.2, 0.25) is 0 Å². The molecule has 0 aromatic carbocycles. The number of carbonyl (C=O) groups excluding carboxylic acids is 2. The van der Waals surface area contributed by atoms with E-state index in [0.717, 1.165) is 64.6 Å². The number of hydrogen-bond donors (Lipinski definition) is 0. The molecular formula is C20H38O6. The van der Waals surface area contributed by atoms with Gasteiger partial charge in [-0.3, -0.25) is 9.59 Å². The van der Waals surface area contributed by atoms with Crippen molar-refractivity contribution in [2.24, 2.45) is 0 Å². The van der Waals surface area contributed by atoms with E-state index in [1.165, 1.54) is 0 Å². The van der Waals surface area contributed by atoms with Crippen LogP contribution in [0.25, 0.3) is 0 Å². The summed E-state index contributed by atoms with van der Waals surface area (Å²) in [4.78, 5) is 23.1. The van der Waals surface area contributed by atoms with Crippen LogP contribution in [0, 0.1) is 0 Å². The Morgan fingerprint density at radius 2 is 0.846 bits per heavy atom. The molecule has 0 aliphatic carbocycles. The second-order valence-corrected chi connectivity index (χ2v) is 6.46. The van der Waals surface area contributed by atoms with E-state index in [-0.39, 0.29) is 11.9 Å². The van der Waals surface area contributed by atoms with E-state index in [2.05, 4.69) is 0 Å². The Kier molecular flexibility index (Phi) is 19.3. The molecule has 0 atom stereocenters. The highest BCUT2D eigenvalue weighted by molar-refractivity contribution is 5.70. The molecule has 0 radical (unpaired) electrons. The van der Waals surface area contributed by atoms with E-state index >= 15 is 0 Å². The van der Waals surface area contributed by atoms with Crippen molar-refractivity contribution in [1.82, 2.24) is 0 Å². The molecule has 0 unspecified atom stereocenters. The van der Waals surface area contributed by atoms with Gasteiger partial charge in [0, 0.05) is 40.3 Å². The van der Waals surface area contributed by atoms with Gasteiger partial charge in [-0.05, 0) is 51.4 Å². The third-order valence-corrected chi connectivity index (χ3v) is 4.02. The third-order valence-electron chi connectivity index (χ3n) is 4.02. The maximum atomic E-state index is 11.6. The molecule has 0 aliphatic rings. The topological polar surface area (TPSA) is 71.1 Å². The Morgan fingerprint density at radius 3 is 1.19 bits per heavy atom. The normalized spacial score (nSPS) is 10.7. The minimum atomic E-state index is -0.175. The van der Waals surface area contributed by atoms with E-state index in [9.17, 15) is 9.59 Å². The average Bonchev–Trinajstić information content (AvgIpc) is 2.64. The SMILES string of the molecule is COCCCCCCOC(=O)CCCCC(=O)OCCCCCCOC. The first-order valence-corrected chi connectivity index (χ1v) is 9.99. The maximum Gasteiger partial charge on any atom is 0.305 e. The molecule has 6 heteroatoms. The van der Waals surface area contributed by atoms with Crippen molar-refractivity contribution in [1.29, 1.82) is 0 Å². The standard InChI is InChI=1S/C20H38O6/c1-23-15-9-3-5-11-17-25-19(21)13-7-8-14-20(22)26-18-12-6-4-10-16-24-2/h3-18H2,1-2H3. The van der Waals surface area contributed by atoms with E-state index in [1.807, 2.05) is 0 Å². The lowest BCUT2D eigenvalue weighted by Gasteiger charge is -2.06. The van der Waals surface area contributed by atoms with Gasteiger partial charge < -0.3 is 18.9 Å². The second-order valence-electron chi connectivity index (χ2n) is 6.46. The summed E-state index contributed by atoms with van der Waals surface area (Å²) in [6.45, 7) is 2.55. The van der Waals surface area contributed by atoms with Crippen molar-refractivity contribution in [3.05, 3.63) is 0 Å². The Balaban J connectivity index is 3.31. The van der Waals surface area contributed by atoms with Crippen LogP contribution >= 0.6 is 0 Å². The fraction of sp³-hybridized carbons (Fsp3) is 0.900. The summed E-state index contributed by atoms with van der Waals surface area (Å²) >= 11 is 0. The van der Waals surface area contributed by atoms with Gasteiger partial charge in [0.05, 0.1) is 13.2 Å². The smallest absolute Gasteiger partial charge is 0.305 e. The van der Waals surface area contributed by atoms with Crippen LogP contribution < -0.4 is 0 Å². The van der Waals surface area contributed by atoms with Gasteiger partial charge in [-0.1, -0.05) is 12.8 Å². The molecule has 6 nitrogen and oxygen atoms in total. The van der Waals surface area contributed by atoms with Gasteiger partial charge in [-0.2, -0.15) is 0 Å². The van der Waals surface area contributed by atoms with Crippen molar-refractivity contribution in [3.63, 3.8) is 0 Å². The van der Waals surface area contributed by atoms with Crippen LogP contribution in [0.15, 0.2) is 0 Å². The molecule has 0 bridgehead atoms. The van der Waals surface area contributed by atoms with Gasteiger partial charge >= 0.3 is 11.9 Å². The number of rotatable bonds is 19. The number of esters is 2. The Morgan fingerprint density at radius 1 is 0.500 bits per heavy atom. The molecule has 0 fully saturated rings. The molecule has 0 aromatic heterocycles. The molecule has 0 saturated heterocycles. The van der Waals surface area contributed by atoms with Crippen LogP contribution in [0.4, 0.5) is 0 Å². The maximum absolute atomic E-state index is 11.6. The molecule has 0 N–H and O–H groups in total. The summed E-state index contributed by atoms with van der Waals surface area (Å²) in [6, 6.07) is 0. The van der Waals surface area contributed by atoms with Gasteiger partial charge in [0.25, 0.3) is 0 Å². The van der Waals surface area contributed by atoms with Crippen LogP contribution in [-0.4, -0.2) is 52.6 Å². The minimum absolute atomic E-state index is 0.175. The van der Waals surface area contributed by atoms with Crippen molar-refractivity contribution in [2.45, 2.75) is 77.0 Å². The number of carbonyl (C=O) groups is 2. The van der Waals surface area contributed by atoms with Crippen molar-refractivity contribution in [2.75, 3.05) is 40.6 Å². The summed E-state index contributed by atoms with van der Waals surface area (Å²) < 4.78 is 20.3. The first-order chi connectivity index (χ1) is 12.7. The van der Waals surface area contributed by atoms with E-state index in [1.54, 1.807) is 14.2 Å². The lowest BCUT2D eigenvalue weighted by molar-refractivity contribution is -0.146. The first-order valence-electron chi connectivity index (χ1n) is 9.99. The fourth-order valence-corrected chi connectivity index (χ4v) is 2.46. The summed E-state index contributed by atoms with van der Waals surface area (Å²) in [5.74, 6) is -0.349. The summed E-state index contributed by atoms with van der Waals surface area (Å²) in [7, 11) is 3.40. The zero-order valence-electron chi connectivity index (χ0n) is 16.8. The van der Waals surface area contributed by atoms with Crippen LogP contribution in [0.3, 0.4) is 0 Å². The molecular weight excluding hydrogens is 336 g/mol. The molecule has 0 aromatic rings. The van der Waals surface area contributed by atoms with E-state index in [0.29, 0.717) is 38.9 Å². The number of hydrogen-bond acceptors (Lipinski definition) is 6. The predicted molar refractivity (Wildman–Crippen MR) is 101 cm³/mol. The van der Waals surface area contributed by atoms with E-state index < -0.39 is 0 Å². The molecule has 0 amide bonds. The monoisotopic (exact) mass is 374 g/mol. The minimum Gasteiger partial charge on any atom is -0.466 e. The molecule has 26 heavy (non-hydrogen) atoms. The summed E-state index contributed by atoms with van der Waals surface area (Å²) in [5, 5.41) is 0.